The Morgan fingerprint density at radius 1 is 0.917 bits per heavy atom. The molecule has 0 saturated carbocycles. The van der Waals surface area contributed by atoms with Crippen LogP contribution in [-0.2, 0) is 9.31 Å². The van der Waals surface area contributed by atoms with Crippen LogP contribution in [0.25, 0.3) is 0 Å². The minimum absolute atomic E-state index is 0. The van der Waals surface area contributed by atoms with Gasteiger partial charge >= 0.3 is 96.3 Å². The van der Waals surface area contributed by atoms with E-state index in [-0.39, 0.29) is 75.5 Å². The number of carbonyl (C=O) groups excluding carboxylic acids is 1. The average Bonchev–Trinajstić information content (AvgIpc) is 1.58. The molecule has 0 unspecified atom stereocenters. The molecule has 0 amide bonds. The Balaban J connectivity index is -0.000000405. The molecule has 12 heavy (non-hydrogen) atoms. The molecule has 0 aliphatic rings. The molecule has 11 heteroatoms. The molecular weight excluding hydrogens is 226 g/mol. The maximum absolute atomic E-state index is 9.98. The summed E-state index contributed by atoms with van der Waals surface area (Å²) in [4.78, 5) is 9.98. The minimum atomic E-state index is -2.33. The summed E-state index contributed by atoms with van der Waals surface area (Å²) >= 11 is 0. The van der Waals surface area contributed by atoms with E-state index in [4.69, 9.17) is 20.1 Å². The maximum atomic E-state index is 9.98. The molecule has 64 valence electrons. The number of hydrogen-bond donors (Lipinski definition) is 4. The van der Waals surface area contributed by atoms with E-state index in [0.29, 0.717) is 0 Å². The monoisotopic (exact) mass is 234 g/mol. The van der Waals surface area contributed by atoms with Gasteiger partial charge in [-0.3, -0.25) is 0 Å². The molecule has 4 N–H and O–H groups in total. The van der Waals surface area contributed by atoms with Crippen LogP contribution in [0.15, 0.2) is 0 Å². The standard InChI is InChI=1S/CH4B2O7.2Ca.4H/c4-1(9-2(5)6)10-3(7)8;;;;;;/h5-8H;;;;;;. The Hall–Kier alpha value is 1.76. The van der Waals surface area contributed by atoms with E-state index in [0.717, 1.165) is 0 Å². The van der Waals surface area contributed by atoms with E-state index in [1.54, 1.807) is 0 Å². The van der Waals surface area contributed by atoms with Crippen molar-refractivity contribution >= 4 is 96.3 Å². The molecule has 0 heterocycles. The van der Waals surface area contributed by atoms with Crippen molar-refractivity contribution in [3.05, 3.63) is 0 Å². The van der Waals surface area contributed by atoms with Crippen LogP contribution < -0.4 is 0 Å². The molecule has 0 aliphatic carbocycles. The Kier molecular flexibility index (Phi) is 17.5. The van der Waals surface area contributed by atoms with Crippen molar-refractivity contribution in [2.24, 2.45) is 0 Å². The van der Waals surface area contributed by atoms with E-state index >= 15 is 0 Å². The van der Waals surface area contributed by atoms with Crippen molar-refractivity contribution in [2.75, 3.05) is 0 Å². The SMILES string of the molecule is O=C(OB(O)O)OB(O)O.[CaH2].[CaH2]. The third kappa shape index (κ3) is 14.3. The van der Waals surface area contributed by atoms with E-state index in [9.17, 15) is 4.79 Å². The van der Waals surface area contributed by atoms with Crippen molar-refractivity contribution in [3.8, 4) is 0 Å². The second kappa shape index (κ2) is 10.8. The molecule has 0 bridgehead atoms. The van der Waals surface area contributed by atoms with Gasteiger partial charge in [0.2, 0.25) is 0 Å². The zero-order valence-electron chi connectivity index (χ0n) is 4.67. The van der Waals surface area contributed by atoms with Gasteiger partial charge in [0.15, 0.2) is 0 Å². The first-order chi connectivity index (χ1) is 4.52. The summed E-state index contributed by atoms with van der Waals surface area (Å²) in [5, 5.41) is 31.6. The van der Waals surface area contributed by atoms with Crippen molar-refractivity contribution in [1.29, 1.82) is 0 Å². The quantitative estimate of drug-likeness (QED) is 0.354. The zero-order chi connectivity index (χ0) is 8.15. The number of rotatable bonds is 2. The van der Waals surface area contributed by atoms with Crippen LogP contribution in [0.2, 0.25) is 0 Å². The van der Waals surface area contributed by atoms with E-state index < -0.39 is 20.8 Å². The summed E-state index contributed by atoms with van der Waals surface area (Å²) in [5.74, 6) is 0. The first-order valence-corrected chi connectivity index (χ1v) is 2.12. The van der Waals surface area contributed by atoms with E-state index in [1.165, 1.54) is 0 Å². The van der Waals surface area contributed by atoms with Crippen LogP contribution in [0.4, 0.5) is 4.79 Å². The van der Waals surface area contributed by atoms with Crippen LogP contribution in [0, 0.1) is 0 Å². The van der Waals surface area contributed by atoms with Gasteiger partial charge in [-0.05, 0) is 0 Å². The van der Waals surface area contributed by atoms with E-state index in [2.05, 4.69) is 9.31 Å². The molecule has 0 atom stereocenters. The fourth-order valence-corrected chi connectivity index (χ4v) is 0.200. The summed E-state index contributed by atoms with van der Waals surface area (Å²) in [6, 6.07) is 0. The van der Waals surface area contributed by atoms with Crippen LogP contribution in [0.5, 0.6) is 0 Å². The molecule has 7 nitrogen and oxygen atoms in total. The van der Waals surface area contributed by atoms with E-state index in [1.807, 2.05) is 0 Å². The molecule has 0 aromatic heterocycles. The van der Waals surface area contributed by atoms with Gasteiger partial charge in [0.05, 0.1) is 0 Å². The van der Waals surface area contributed by atoms with Gasteiger partial charge in [0.25, 0.3) is 0 Å². The van der Waals surface area contributed by atoms with Crippen LogP contribution in [0.1, 0.15) is 0 Å². The fourth-order valence-electron chi connectivity index (χ4n) is 0.200. The number of carbonyl (C=O) groups is 1. The normalized spacial score (nSPS) is 7.00. The zero-order valence-corrected chi connectivity index (χ0v) is 4.67. The molecule has 0 aromatic carbocycles. The van der Waals surface area contributed by atoms with Gasteiger partial charge in [0, 0.05) is 0 Å². The summed E-state index contributed by atoms with van der Waals surface area (Å²) in [5.41, 5.74) is 0. The molecule has 0 rings (SSSR count). The van der Waals surface area contributed by atoms with Crippen LogP contribution in [0.3, 0.4) is 0 Å². The van der Waals surface area contributed by atoms with Gasteiger partial charge in [-0.15, -0.1) is 0 Å². The van der Waals surface area contributed by atoms with Crippen molar-refractivity contribution < 1.29 is 34.2 Å². The van der Waals surface area contributed by atoms with Gasteiger partial charge < -0.3 is 29.4 Å². The molecule has 0 aliphatic heterocycles. The molecule has 0 spiro atoms. The Morgan fingerprint density at radius 2 is 1.17 bits per heavy atom. The molecule has 0 saturated heterocycles. The second-order valence-electron chi connectivity index (χ2n) is 1.14. The Morgan fingerprint density at radius 3 is 1.33 bits per heavy atom. The van der Waals surface area contributed by atoms with Gasteiger partial charge in [0.1, 0.15) is 0 Å². The summed E-state index contributed by atoms with van der Waals surface area (Å²) in [7, 11) is -4.66. The predicted molar refractivity (Wildman–Crippen MR) is 45.0 cm³/mol. The van der Waals surface area contributed by atoms with Crippen molar-refractivity contribution in [3.63, 3.8) is 0 Å². The Labute approximate surface area is 128 Å². The first-order valence-electron chi connectivity index (χ1n) is 2.12. The molecular formula is CH8B2Ca2O7. The van der Waals surface area contributed by atoms with Crippen molar-refractivity contribution in [2.45, 2.75) is 0 Å². The third-order valence-electron chi connectivity index (χ3n) is 0.403. The summed E-state index contributed by atoms with van der Waals surface area (Å²) in [6.07, 6.45) is -1.59. The first kappa shape index (κ1) is 19.4. The molecule has 0 radical (unpaired) electrons. The van der Waals surface area contributed by atoms with Crippen LogP contribution >= 0.6 is 0 Å². The fraction of sp³-hybridized carbons (Fsp3) is 0. The van der Waals surface area contributed by atoms with Gasteiger partial charge in [-0.2, -0.15) is 0 Å². The summed E-state index contributed by atoms with van der Waals surface area (Å²) in [6.45, 7) is 0. The average molecular weight is 234 g/mol. The molecule has 0 aromatic rings. The van der Waals surface area contributed by atoms with Crippen molar-refractivity contribution in [1.82, 2.24) is 0 Å². The topological polar surface area (TPSA) is 116 Å². The predicted octanol–water partition coefficient (Wildman–Crippen LogP) is -4.75. The number of hydrogen-bond acceptors (Lipinski definition) is 7. The second-order valence-corrected chi connectivity index (χ2v) is 1.14. The Bertz CT molecular complexity index is 106. The van der Waals surface area contributed by atoms with Crippen LogP contribution in [-0.4, -0.2) is 116 Å². The van der Waals surface area contributed by atoms with Gasteiger partial charge in [-0.1, -0.05) is 0 Å². The molecule has 0 fully saturated rings. The third-order valence-corrected chi connectivity index (χ3v) is 0.403. The van der Waals surface area contributed by atoms with Gasteiger partial charge in [-0.25, -0.2) is 4.79 Å². The summed E-state index contributed by atoms with van der Waals surface area (Å²) < 4.78 is 6.98.